The standard InChI is InChI=1S/C10H21NO3/c1-4-6-14-7-5-11-9(8(2)3)10(12)13/h8-9,11H,4-7H2,1-3H3,(H,12,13). The van der Waals surface area contributed by atoms with Gasteiger partial charge < -0.3 is 15.2 Å². The molecule has 0 aliphatic rings. The minimum absolute atomic E-state index is 0.0960. The largest absolute Gasteiger partial charge is 0.480 e. The van der Waals surface area contributed by atoms with E-state index in [1.165, 1.54) is 0 Å². The van der Waals surface area contributed by atoms with E-state index in [0.717, 1.165) is 13.0 Å². The zero-order valence-electron chi connectivity index (χ0n) is 9.25. The Balaban J connectivity index is 3.57. The topological polar surface area (TPSA) is 58.6 Å². The molecule has 0 bridgehead atoms. The lowest BCUT2D eigenvalue weighted by molar-refractivity contribution is -0.140. The van der Waals surface area contributed by atoms with Crippen LogP contribution in [0.2, 0.25) is 0 Å². The minimum atomic E-state index is -0.796. The lowest BCUT2D eigenvalue weighted by Gasteiger charge is -2.17. The van der Waals surface area contributed by atoms with Crippen molar-refractivity contribution in [3.05, 3.63) is 0 Å². The highest BCUT2D eigenvalue weighted by atomic mass is 16.5. The normalized spacial score (nSPS) is 13.1. The van der Waals surface area contributed by atoms with E-state index in [-0.39, 0.29) is 5.92 Å². The van der Waals surface area contributed by atoms with E-state index in [4.69, 9.17) is 9.84 Å². The third-order valence-electron chi connectivity index (χ3n) is 1.89. The second kappa shape index (κ2) is 7.76. The summed E-state index contributed by atoms with van der Waals surface area (Å²) >= 11 is 0. The van der Waals surface area contributed by atoms with Gasteiger partial charge in [-0.15, -0.1) is 0 Å². The molecule has 0 spiro atoms. The van der Waals surface area contributed by atoms with Gasteiger partial charge in [0.25, 0.3) is 0 Å². The van der Waals surface area contributed by atoms with Gasteiger partial charge in [0.15, 0.2) is 0 Å². The average molecular weight is 203 g/mol. The monoisotopic (exact) mass is 203 g/mol. The summed E-state index contributed by atoms with van der Waals surface area (Å²) in [6.07, 6.45) is 0.993. The fraction of sp³-hybridized carbons (Fsp3) is 0.900. The van der Waals surface area contributed by atoms with Crippen molar-refractivity contribution in [3.8, 4) is 0 Å². The summed E-state index contributed by atoms with van der Waals surface area (Å²) < 4.78 is 5.24. The van der Waals surface area contributed by atoms with Crippen molar-refractivity contribution in [3.63, 3.8) is 0 Å². The highest BCUT2D eigenvalue weighted by Gasteiger charge is 2.19. The van der Waals surface area contributed by atoms with Gasteiger partial charge >= 0.3 is 5.97 Å². The molecular weight excluding hydrogens is 182 g/mol. The second-order valence-electron chi connectivity index (χ2n) is 3.63. The van der Waals surface area contributed by atoms with Crippen LogP contribution in [0, 0.1) is 5.92 Å². The number of ether oxygens (including phenoxy) is 1. The summed E-state index contributed by atoms with van der Waals surface area (Å²) in [7, 11) is 0. The van der Waals surface area contributed by atoms with E-state index in [1.807, 2.05) is 20.8 Å². The first-order valence-corrected chi connectivity index (χ1v) is 5.13. The SMILES string of the molecule is CCCOCCNC(C(=O)O)C(C)C. The van der Waals surface area contributed by atoms with Crippen LogP contribution in [-0.2, 0) is 9.53 Å². The van der Waals surface area contributed by atoms with E-state index in [1.54, 1.807) is 0 Å². The maximum absolute atomic E-state index is 10.8. The zero-order valence-corrected chi connectivity index (χ0v) is 9.25. The van der Waals surface area contributed by atoms with Gasteiger partial charge in [-0.3, -0.25) is 4.79 Å². The molecule has 0 saturated carbocycles. The van der Waals surface area contributed by atoms with Crippen LogP contribution in [-0.4, -0.2) is 36.9 Å². The maximum Gasteiger partial charge on any atom is 0.320 e. The molecule has 0 aliphatic carbocycles. The fourth-order valence-electron chi connectivity index (χ4n) is 1.14. The predicted octanol–water partition coefficient (Wildman–Crippen LogP) is 1.11. The van der Waals surface area contributed by atoms with Crippen LogP contribution in [0.3, 0.4) is 0 Å². The Labute approximate surface area is 85.6 Å². The van der Waals surface area contributed by atoms with Gasteiger partial charge in [-0.05, 0) is 12.3 Å². The van der Waals surface area contributed by atoms with Crippen molar-refractivity contribution in [1.29, 1.82) is 0 Å². The van der Waals surface area contributed by atoms with E-state index >= 15 is 0 Å². The molecule has 0 aromatic heterocycles. The Morgan fingerprint density at radius 3 is 2.50 bits per heavy atom. The molecule has 0 aliphatic heterocycles. The van der Waals surface area contributed by atoms with Crippen LogP contribution in [0.5, 0.6) is 0 Å². The van der Waals surface area contributed by atoms with Gasteiger partial charge in [-0.2, -0.15) is 0 Å². The molecule has 0 fully saturated rings. The summed E-state index contributed by atoms with van der Waals surface area (Å²) in [4.78, 5) is 10.8. The van der Waals surface area contributed by atoms with Crippen molar-refractivity contribution in [2.75, 3.05) is 19.8 Å². The molecule has 0 amide bonds. The number of hydrogen-bond donors (Lipinski definition) is 2. The van der Waals surface area contributed by atoms with Crippen LogP contribution in [0.25, 0.3) is 0 Å². The molecule has 2 N–H and O–H groups in total. The lowest BCUT2D eigenvalue weighted by Crippen LogP contribution is -2.42. The van der Waals surface area contributed by atoms with Gasteiger partial charge in [-0.25, -0.2) is 0 Å². The number of nitrogens with one attached hydrogen (secondary N) is 1. The van der Waals surface area contributed by atoms with E-state index in [2.05, 4.69) is 5.32 Å². The quantitative estimate of drug-likeness (QED) is 0.580. The molecule has 0 heterocycles. The van der Waals surface area contributed by atoms with Gasteiger partial charge in [0.2, 0.25) is 0 Å². The van der Waals surface area contributed by atoms with Gasteiger partial charge in [0.05, 0.1) is 6.61 Å². The molecular formula is C10H21NO3. The summed E-state index contributed by atoms with van der Waals surface area (Å²) in [5, 5.41) is 11.8. The highest BCUT2D eigenvalue weighted by Crippen LogP contribution is 2.00. The first kappa shape index (κ1) is 13.4. The Bertz CT molecular complexity index is 159. The Hall–Kier alpha value is -0.610. The van der Waals surface area contributed by atoms with Crippen molar-refractivity contribution in [2.24, 2.45) is 5.92 Å². The lowest BCUT2D eigenvalue weighted by atomic mass is 10.1. The molecule has 0 radical (unpaired) electrons. The predicted molar refractivity (Wildman–Crippen MR) is 55.4 cm³/mol. The molecule has 0 aromatic rings. The van der Waals surface area contributed by atoms with E-state index in [9.17, 15) is 4.79 Å². The molecule has 4 heteroatoms. The van der Waals surface area contributed by atoms with Crippen LogP contribution in [0.4, 0.5) is 0 Å². The van der Waals surface area contributed by atoms with Crippen molar-refractivity contribution in [2.45, 2.75) is 33.2 Å². The summed E-state index contributed by atoms with van der Waals surface area (Å²) in [6, 6.07) is -0.472. The van der Waals surface area contributed by atoms with Gasteiger partial charge in [0, 0.05) is 13.2 Å². The molecule has 4 nitrogen and oxygen atoms in total. The van der Waals surface area contributed by atoms with Crippen molar-refractivity contribution >= 4 is 5.97 Å². The minimum Gasteiger partial charge on any atom is -0.480 e. The van der Waals surface area contributed by atoms with Crippen molar-refractivity contribution < 1.29 is 14.6 Å². The van der Waals surface area contributed by atoms with E-state index in [0.29, 0.717) is 13.2 Å². The maximum atomic E-state index is 10.8. The molecule has 0 saturated heterocycles. The molecule has 1 atom stereocenters. The molecule has 84 valence electrons. The van der Waals surface area contributed by atoms with Gasteiger partial charge in [0.1, 0.15) is 6.04 Å². The smallest absolute Gasteiger partial charge is 0.320 e. The van der Waals surface area contributed by atoms with Gasteiger partial charge in [-0.1, -0.05) is 20.8 Å². The molecule has 0 rings (SSSR count). The summed E-state index contributed by atoms with van der Waals surface area (Å²) in [5.41, 5.74) is 0. The van der Waals surface area contributed by atoms with Crippen LogP contribution in [0.15, 0.2) is 0 Å². The third-order valence-corrected chi connectivity index (χ3v) is 1.89. The molecule has 14 heavy (non-hydrogen) atoms. The average Bonchev–Trinajstić information content (AvgIpc) is 2.09. The van der Waals surface area contributed by atoms with Crippen molar-refractivity contribution in [1.82, 2.24) is 5.32 Å². The number of carboxylic acid groups (broad SMARTS) is 1. The number of carboxylic acids is 1. The number of aliphatic carboxylic acids is 1. The van der Waals surface area contributed by atoms with Crippen LogP contribution < -0.4 is 5.32 Å². The first-order chi connectivity index (χ1) is 6.59. The third kappa shape index (κ3) is 5.94. The van der Waals surface area contributed by atoms with E-state index < -0.39 is 12.0 Å². The summed E-state index contributed by atoms with van der Waals surface area (Å²) in [6.45, 7) is 7.72. The summed E-state index contributed by atoms with van der Waals surface area (Å²) in [5.74, 6) is -0.700. The number of carbonyl (C=O) groups is 1. The Kier molecular flexibility index (Phi) is 7.42. The van der Waals surface area contributed by atoms with Crippen LogP contribution in [0.1, 0.15) is 27.2 Å². The second-order valence-corrected chi connectivity index (χ2v) is 3.63. The highest BCUT2D eigenvalue weighted by molar-refractivity contribution is 5.73. The van der Waals surface area contributed by atoms with Crippen LogP contribution >= 0.6 is 0 Å². The molecule has 0 aromatic carbocycles. The first-order valence-electron chi connectivity index (χ1n) is 5.13. The molecule has 1 unspecified atom stereocenters. The number of hydrogen-bond acceptors (Lipinski definition) is 3. The Morgan fingerprint density at radius 2 is 2.07 bits per heavy atom. The Morgan fingerprint density at radius 1 is 1.43 bits per heavy atom. The zero-order chi connectivity index (χ0) is 11.0. The fourth-order valence-corrected chi connectivity index (χ4v) is 1.14. The number of rotatable bonds is 8.